The Morgan fingerprint density at radius 2 is 1.00 bits per heavy atom. The molecule has 0 fully saturated rings. The van der Waals surface area contributed by atoms with Gasteiger partial charge in [0.05, 0.1) is 51.8 Å². The molecule has 0 saturated heterocycles. The van der Waals surface area contributed by atoms with Crippen LogP contribution in [0.1, 0.15) is 12.8 Å². The third kappa shape index (κ3) is 26.9. The zero-order valence-electron chi connectivity index (χ0n) is 13.4. The van der Waals surface area contributed by atoms with E-state index in [1.165, 1.54) is 18.8 Å². The van der Waals surface area contributed by atoms with Gasteiger partial charge in [0.2, 0.25) is 0 Å². The SMILES string of the molecule is C=COCCCCO.C=COCCOCCOCCOC=C. The van der Waals surface area contributed by atoms with E-state index in [1.54, 1.807) is 0 Å². The predicted molar refractivity (Wildman–Crippen MR) is 86.4 cm³/mol. The highest BCUT2D eigenvalue weighted by Crippen LogP contribution is 1.87. The molecular weight excluding hydrogens is 288 g/mol. The smallest absolute Gasteiger partial charge is 0.111 e. The molecule has 0 aliphatic carbocycles. The lowest BCUT2D eigenvalue weighted by Gasteiger charge is -2.05. The van der Waals surface area contributed by atoms with Crippen molar-refractivity contribution < 1.29 is 28.8 Å². The number of rotatable bonds is 16. The number of unbranched alkanes of at least 4 members (excludes halogenated alkanes) is 1. The fourth-order valence-corrected chi connectivity index (χ4v) is 1.08. The Morgan fingerprint density at radius 3 is 1.41 bits per heavy atom. The van der Waals surface area contributed by atoms with Gasteiger partial charge in [0, 0.05) is 6.61 Å². The first-order chi connectivity index (χ1) is 10.8. The molecule has 0 aromatic heterocycles. The van der Waals surface area contributed by atoms with Crippen LogP contribution in [0.15, 0.2) is 38.5 Å². The molecule has 0 amide bonds. The summed E-state index contributed by atoms with van der Waals surface area (Å²) >= 11 is 0. The van der Waals surface area contributed by atoms with Crippen molar-refractivity contribution in [2.75, 3.05) is 52.9 Å². The van der Waals surface area contributed by atoms with E-state index in [4.69, 9.17) is 28.8 Å². The van der Waals surface area contributed by atoms with Crippen molar-refractivity contribution in [2.24, 2.45) is 0 Å². The zero-order valence-corrected chi connectivity index (χ0v) is 13.4. The average Bonchev–Trinajstić information content (AvgIpc) is 2.54. The van der Waals surface area contributed by atoms with Gasteiger partial charge in [-0.15, -0.1) is 0 Å². The average molecular weight is 318 g/mol. The first-order valence-corrected chi connectivity index (χ1v) is 7.27. The molecule has 0 rings (SSSR count). The van der Waals surface area contributed by atoms with Gasteiger partial charge in [0.1, 0.15) is 13.2 Å². The number of hydrogen-bond donors (Lipinski definition) is 1. The highest BCUT2D eigenvalue weighted by atomic mass is 16.6. The largest absolute Gasteiger partial charge is 0.502 e. The van der Waals surface area contributed by atoms with Crippen LogP contribution in [-0.2, 0) is 23.7 Å². The molecule has 0 saturated carbocycles. The third-order valence-corrected chi connectivity index (χ3v) is 2.09. The van der Waals surface area contributed by atoms with Crippen LogP contribution in [0.3, 0.4) is 0 Å². The van der Waals surface area contributed by atoms with E-state index in [9.17, 15) is 0 Å². The monoisotopic (exact) mass is 318 g/mol. The van der Waals surface area contributed by atoms with E-state index >= 15 is 0 Å². The van der Waals surface area contributed by atoms with E-state index in [0.29, 0.717) is 46.2 Å². The maximum atomic E-state index is 8.28. The van der Waals surface area contributed by atoms with Gasteiger partial charge < -0.3 is 28.8 Å². The number of ether oxygens (including phenoxy) is 5. The van der Waals surface area contributed by atoms with Gasteiger partial charge in [0.25, 0.3) is 0 Å². The summed E-state index contributed by atoms with van der Waals surface area (Å²) in [5.41, 5.74) is 0. The Hall–Kier alpha value is -1.50. The minimum atomic E-state index is 0.250. The molecule has 0 atom stereocenters. The number of aliphatic hydroxyl groups excluding tert-OH is 1. The van der Waals surface area contributed by atoms with Gasteiger partial charge >= 0.3 is 0 Å². The minimum Gasteiger partial charge on any atom is -0.502 e. The van der Waals surface area contributed by atoms with Crippen LogP contribution in [0.25, 0.3) is 0 Å². The van der Waals surface area contributed by atoms with Gasteiger partial charge in [0.15, 0.2) is 0 Å². The van der Waals surface area contributed by atoms with Crippen molar-refractivity contribution in [2.45, 2.75) is 12.8 Å². The van der Waals surface area contributed by atoms with Crippen LogP contribution >= 0.6 is 0 Å². The summed E-state index contributed by atoms with van der Waals surface area (Å²) in [5.74, 6) is 0. The lowest BCUT2D eigenvalue weighted by molar-refractivity contribution is 0.0186. The third-order valence-electron chi connectivity index (χ3n) is 2.09. The topological polar surface area (TPSA) is 66.4 Å². The van der Waals surface area contributed by atoms with Crippen LogP contribution < -0.4 is 0 Å². The molecular formula is C16H30O6. The van der Waals surface area contributed by atoms with Crippen molar-refractivity contribution in [3.05, 3.63) is 38.5 Å². The van der Waals surface area contributed by atoms with Crippen LogP contribution in [0.5, 0.6) is 0 Å². The molecule has 6 nitrogen and oxygen atoms in total. The second-order valence-corrected chi connectivity index (χ2v) is 3.77. The highest BCUT2D eigenvalue weighted by Gasteiger charge is 1.89. The summed E-state index contributed by atoms with van der Waals surface area (Å²) in [6.45, 7) is 14.4. The summed E-state index contributed by atoms with van der Waals surface area (Å²) in [6, 6.07) is 0. The molecule has 1 N–H and O–H groups in total. The number of hydrogen-bond acceptors (Lipinski definition) is 6. The summed E-state index contributed by atoms with van der Waals surface area (Å²) in [6.07, 6.45) is 5.92. The minimum absolute atomic E-state index is 0.250. The molecule has 0 aliphatic heterocycles. The Kier molecular flexibility index (Phi) is 25.4. The molecule has 130 valence electrons. The summed E-state index contributed by atoms with van der Waals surface area (Å²) in [4.78, 5) is 0. The van der Waals surface area contributed by atoms with Crippen molar-refractivity contribution in [3.63, 3.8) is 0 Å². The fraction of sp³-hybridized carbons (Fsp3) is 0.625. The molecule has 0 radical (unpaired) electrons. The van der Waals surface area contributed by atoms with E-state index in [1.807, 2.05) is 0 Å². The molecule has 0 spiro atoms. The Balaban J connectivity index is 0. The number of aliphatic hydroxyl groups is 1. The standard InChI is InChI=1S/C10H18O4.C6H12O2/c1-3-11-5-7-13-9-10-14-8-6-12-4-2;1-2-8-6-4-3-5-7/h3-4H,1-2,5-10H2;2,7H,1,3-6H2. The van der Waals surface area contributed by atoms with Gasteiger partial charge in [-0.05, 0) is 12.8 Å². The highest BCUT2D eigenvalue weighted by molar-refractivity contribution is 4.49. The van der Waals surface area contributed by atoms with E-state index < -0.39 is 0 Å². The lowest BCUT2D eigenvalue weighted by Crippen LogP contribution is -2.10. The van der Waals surface area contributed by atoms with Gasteiger partial charge in [-0.1, -0.05) is 19.7 Å². The first-order valence-electron chi connectivity index (χ1n) is 7.27. The molecule has 0 unspecified atom stereocenters. The molecule has 6 heteroatoms. The van der Waals surface area contributed by atoms with Crippen molar-refractivity contribution >= 4 is 0 Å². The van der Waals surface area contributed by atoms with Crippen LogP contribution in [0, 0.1) is 0 Å². The van der Waals surface area contributed by atoms with Crippen LogP contribution in [0.2, 0.25) is 0 Å². The van der Waals surface area contributed by atoms with Gasteiger partial charge in [-0.2, -0.15) is 0 Å². The maximum Gasteiger partial charge on any atom is 0.111 e. The van der Waals surface area contributed by atoms with Crippen LogP contribution in [0.4, 0.5) is 0 Å². The second kappa shape index (κ2) is 24.5. The van der Waals surface area contributed by atoms with E-state index in [2.05, 4.69) is 19.7 Å². The van der Waals surface area contributed by atoms with Crippen LogP contribution in [-0.4, -0.2) is 58.0 Å². The molecule has 0 aromatic rings. The van der Waals surface area contributed by atoms with Crippen molar-refractivity contribution in [3.8, 4) is 0 Å². The molecule has 0 heterocycles. The molecule has 0 aliphatic rings. The zero-order chi connectivity index (χ0) is 16.7. The normalized spacial score (nSPS) is 9.14. The lowest BCUT2D eigenvalue weighted by atomic mass is 10.3. The molecule has 22 heavy (non-hydrogen) atoms. The Morgan fingerprint density at radius 1 is 0.591 bits per heavy atom. The van der Waals surface area contributed by atoms with Gasteiger partial charge in [-0.25, -0.2) is 0 Å². The predicted octanol–water partition coefficient (Wildman–Crippen LogP) is 2.26. The summed E-state index contributed by atoms with van der Waals surface area (Å²) in [7, 11) is 0. The molecule has 0 aromatic carbocycles. The van der Waals surface area contributed by atoms with Crippen molar-refractivity contribution in [1.82, 2.24) is 0 Å². The summed E-state index contributed by atoms with van der Waals surface area (Å²) < 4.78 is 24.9. The van der Waals surface area contributed by atoms with Gasteiger partial charge in [-0.3, -0.25) is 0 Å². The summed E-state index contributed by atoms with van der Waals surface area (Å²) in [5, 5.41) is 8.28. The maximum absolute atomic E-state index is 8.28. The molecule has 0 bridgehead atoms. The second-order valence-electron chi connectivity index (χ2n) is 3.77. The fourth-order valence-electron chi connectivity index (χ4n) is 1.08. The Labute approximate surface area is 134 Å². The quantitative estimate of drug-likeness (QED) is 0.348. The van der Waals surface area contributed by atoms with E-state index in [-0.39, 0.29) is 6.61 Å². The Bertz CT molecular complexity index is 217. The van der Waals surface area contributed by atoms with E-state index in [0.717, 1.165) is 12.8 Å². The van der Waals surface area contributed by atoms with Crippen molar-refractivity contribution in [1.29, 1.82) is 0 Å². The first kappa shape index (κ1) is 22.8.